The van der Waals surface area contributed by atoms with E-state index in [2.05, 4.69) is 15.1 Å². The third-order valence-electron chi connectivity index (χ3n) is 4.50. The highest BCUT2D eigenvalue weighted by atomic mass is 32.2. The zero-order valence-corrected chi connectivity index (χ0v) is 16.0. The smallest absolute Gasteiger partial charge is 0.311 e. The molecule has 9 nitrogen and oxygen atoms in total. The molecule has 0 radical (unpaired) electrons. The minimum absolute atomic E-state index is 0.254. The Balaban J connectivity index is 1.90. The molecule has 1 aromatic carbocycles. The molecule has 0 aliphatic carbocycles. The first-order valence-electron chi connectivity index (χ1n) is 8.55. The molecule has 0 unspecified atom stereocenters. The highest BCUT2D eigenvalue weighted by Gasteiger charge is 2.29. The van der Waals surface area contributed by atoms with Crippen LogP contribution in [0.1, 0.15) is 12.1 Å². The van der Waals surface area contributed by atoms with Gasteiger partial charge in [-0.1, -0.05) is 6.07 Å². The Labute approximate surface area is 157 Å². The molecule has 2 aromatic rings. The fourth-order valence-electron chi connectivity index (χ4n) is 3.20. The number of hydrogen-bond acceptors (Lipinski definition) is 8. The fourth-order valence-corrected chi connectivity index (χ4v) is 4.05. The van der Waals surface area contributed by atoms with Crippen molar-refractivity contribution in [2.24, 2.45) is 0 Å². The van der Waals surface area contributed by atoms with Crippen LogP contribution in [0, 0.1) is 17.0 Å². The summed E-state index contributed by atoms with van der Waals surface area (Å²) in [5.41, 5.74) is 0.812. The lowest BCUT2D eigenvalue weighted by Gasteiger charge is -2.24. The molecule has 0 spiro atoms. The summed E-state index contributed by atoms with van der Waals surface area (Å²) in [5, 5.41) is 19.9. The monoisotopic (exact) mass is 391 g/mol. The van der Waals surface area contributed by atoms with E-state index in [0.29, 0.717) is 25.3 Å². The molecular weight excluding hydrogens is 370 g/mol. The predicted molar refractivity (Wildman–Crippen MR) is 102 cm³/mol. The molecule has 2 heterocycles. The van der Waals surface area contributed by atoms with Gasteiger partial charge in [-0.3, -0.25) is 10.1 Å². The van der Waals surface area contributed by atoms with E-state index in [4.69, 9.17) is 0 Å². The summed E-state index contributed by atoms with van der Waals surface area (Å²) < 4.78 is 24.0. The molecule has 1 aliphatic rings. The largest absolute Gasteiger partial charge is 0.364 e. The molecule has 0 saturated carbocycles. The number of para-hydroxylation sites is 1. The first-order valence-corrected chi connectivity index (χ1v) is 10.4. The van der Waals surface area contributed by atoms with Gasteiger partial charge in [-0.15, -0.1) is 5.10 Å². The lowest BCUT2D eigenvalue weighted by atomic mass is 10.2. The maximum atomic E-state index is 12.0. The zero-order chi connectivity index (χ0) is 19.6. The number of hydrogen-bond donors (Lipinski definition) is 0. The molecule has 3 rings (SSSR count). The molecule has 0 amide bonds. The summed E-state index contributed by atoms with van der Waals surface area (Å²) in [6.07, 6.45) is 1.75. The first kappa shape index (κ1) is 19.0. The van der Waals surface area contributed by atoms with Crippen molar-refractivity contribution in [1.82, 2.24) is 10.2 Å². The summed E-state index contributed by atoms with van der Waals surface area (Å²) >= 11 is 0. The summed E-state index contributed by atoms with van der Waals surface area (Å²) in [5.74, 6) is 0.766. The highest BCUT2D eigenvalue weighted by Crippen LogP contribution is 2.35. The second-order valence-corrected chi connectivity index (χ2v) is 8.50. The molecule has 1 fully saturated rings. The van der Waals surface area contributed by atoms with Crippen molar-refractivity contribution in [2.45, 2.75) is 18.2 Å². The van der Waals surface area contributed by atoms with Gasteiger partial charge in [0, 0.05) is 32.4 Å². The number of aromatic nitrogens is 2. The minimum Gasteiger partial charge on any atom is -0.364 e. The van der Waals surface area contributed by atoms with Crippen molar-refractivity contribution in [1.29, 1.82) is 0 Å². The summed E-state index contributed by atoms with van der Waals surface area (Å²) in [4.78, 5) is 14.7. The second-order valence-electron chi connectivity index (χ2n) is 6.51. The quantitative estimate of drug-likeness (QED) is 0.573. The van der Waals surface area contributed by atoms with Gasteiger partial charge >= 0.3 is 5.69 Å². The summed E-state index contributed by atoms with van der Waals surface area (Å²) in [6, 6.07) is 8.24. The van der Waals surface area contributed by atoms with E-state index in [0.717, 1.165) is 30.7 Å². The second kappa shape index (κ2) is 7.47. The Morgan fingerprint density at radius 2 is 1.74 bits per heavy atom. The van der Waals surface area contributed by atoms with Crippen LogP contribution in [0.15, 0.2) is 35.2 Å². The molecule has 1 saturated heterocycles. The van der Waals surface area contributed by atoms with Gasteiger partial charge in [0.2, 0.25) is 0 Å². The number of anilines is 2. The van der Waals surface area contributed by atoms with Crippen LogP contribution in [0.4, 0.5) is 17.2 Å². The minimum atomic E-state index is -3.70. The van der Waals surface area contributed by atoms with Crippen molar-refractivity contribution in [3.63, 3.8) is 0 Å². The van der Waals surface area contributed by atoms with E-state index in [9.17, 15) is 18.5 Å². The average Bonchev–Trinajstić information content (AvgIpc) is 2.87. The number of aryl methyl sites for hydroxylation is 1. The fraction of sp³-hybridized carbons (Fsp3) is 0.412. The molecule has 1 aromatic heterocycles. The number of sulfone groups is 1. The van der Waals surface area contributed by atoms with E-state index < -0.39 is 14.8 Å². The van der Waals surface area contributed by atoms with Crippen LogP contribution in [-0.4, -0.2) is 56.0 Å². The molecular formula is C17H21N5O4S. The van der Waals surface area contributed by atoms with Gasteiger partial charge in [-0.05, 0) is 37.6 Å². The van der Waals surface area contributed by atoms with Crippen LogP contribution in [-0.2, 0) is 9.84 Å². The van der Waals surface area contributed by atoms with Crippen molar-refractivity contribution in [3.8, 4) is 0 Å². The van der Waals surface area contributed by atoms with Crippen LogP contribution in [0.25, 0.3) is 0 Å². The van der Waals surface area contributed by atoms with Crippen LogP contribution < -0.4 is 9.80 Å². The van der Waals surface area contributed by atoms with Gasteiger partial charge in [0.25, 0.3) is 0 Å². The standard InChI is InChI=1S/C17H21N5O4S/c1-13-7-8-16(19-18-13)21-10-4-9-20(11-12-21)14-5-3-6-15(27(2,25)26)17(14)22(23)24/h3,5-8H,4,9-12H2,1-2H3. The number of nitrogens with zero attached hydrogens (tertiary/aromatic N) is 5. The Bertz CT molecular complexity index is 946. The van der Waals surface area contributed by atoms with Crippen molar-refractivity contribution in [3.05, 3.63) is 46.1 Å². The molecule has 144 valence electrons. The third kappa shape index (κ3) is 4.16. The maximum Gasteiger partial charge on any atom is 0.311 e. The number of rotatable bonds is 4. The molecule has 1 aliphatic heterocycles. The van der Waals surface area contributed by atoms with Gasteiger partial charge in [-0.25, -0.2) is 8.42 Å². The van der Waals surface area contributed by atoms with E-state index >= 15 is 0 Å². The van der Waals surface area contributed by atoms with Crippen LogP contribution in [0.2, 0.25) is 0 Å². The van der Waals surface area contributed by atoms with Gasteiger partial charge < -0.3 is 9.80 Å². The van der Waals surface area contributed by atoms with Crippen LogP contribution in [0.3, 0.4) is 0 Å². The van der Waals surface area contributed by atoms with Crippen LogP contribution in [0.5, 0.6) is 0 Å². The maximum absolute atomic E-state index is 12.0. The summed E-state index contributed by atoms with van der Waals surface area (Å²) in [7, 11) is -3.70. The zero-order valence-electron chi connectivity index (χ0n) is 15.2. The van der Waals surface area contributed by atoms with Gasteiger partial charge in [0.1, 0.15) is 10.6 Å². The molecule has 10 heteroatoms. The van der Waals surface area contributed by atoms with Crippen molar-refractivity contribution >= 4 is 27.0 Å². The number of benzene rings is 1. The molecule has 0 N–H and O–H groups in total. The van der Waals surface area contributed by atoms with E-state index in [1.165, 1.54) is 6.07 Å². The van der Waals surface area contributed by atoms with Gasteiger partial charge in [0.15, 0.2) is 15.7 Å². The number of nitro benzene ring substituents is 1. The van der Waals surface area contributed by atoms with Gasteiger partial charge in [-0.2, -0.15) is 5.10 Å². The first-order chi connectivity index (χ1) is 12.8. The lowest BCUT2D eigenvalue weighted by molar-refractivity contribution is -0.387. The normalized spacial score (nSPS) is 15.5. The van der Waals surface area contributed by atoms with E-state index in [-0.39, 0.29) is 10.6 Å². The summed E-state index contributed by atoms with van der Waals surface area (Å²) in [6.45, 7) is 4.33. The lowest BCUT2D eigenvalue weighted by Crippen LogP contribution is -2.31. The Morgan fingerprint density at radius 1 is 1.04 bits per heavy atom. The Kier molecular flexibility index (Phi) is 5.26. The Hall–Kier alpha value is -2.75. The van der Waals surface area contributed by atoms with E-state index in [1.54, 1.807) is 12.1 Å². The molecule has 27 heavy (non-hydrogen) atoms. The molecule has 0 bridgehead atoms. The Morgan fingerprint density at radius 3 is 2.37 bits per heavy atom. The molecule has 0 atom stereocenters. The average molecular weight is 391 g/mol. The highest BCUT2D eigenvalue weighted by molar-refractivity contribution is 7.90. The van der Waals surface area contributed by atoms with Crippen molar-refractivity contribution < 1.29 is 13.3 Å². The topological polar surface area (TPSA) is 110 Å². The van der Waals surface area contributed by atoms with Crippen molar-refractivity contribution in [2.75, 3.05) is 42.2 Å². The predicted octanol–water partition coefficient (Wildman–Crippen LogP) is 1.81. The van der Waals surface area contributed by atoms with E-state index in [1.807, 2.05) is 24.0 Å². The van der Waals surface area contributed by atoms with Crippen LogP contribution >= 0.6 is 0 Å². The third-order valence-corrected chi connectivity index (χ3v) is 5.63. The number of nitro groups is 1. The SMILES string of the molecule is Cc1ccc(N2CCCN(c3cccc(S(C)(=O)=O)c3[N+](=O)[O-])CC2)nn1. The van der Waals surface area contributed by atoms with Gasteiger partial charge in [0.05, 0.1) is 10.6 Å².